The second-order valence-corrected chi connectivity index (χ2v) is 2.72. The van der Waals surface area contributed by atoms with Gasteiger partial charge >= 0.3 is 0 Å². The van der Waals surface area contributed by atoms with Gasteiger partial charge in [0.15, 0.2) is 0 Å². The fourth-order valence-electron chi connectivity index (χ4n) is 1.12. The summed E-state index contributed by atoms with van der Waals surface area (Å²) in [5.41, 5.74) is 2.85. The van der Waals surface area contributed by atoms with Gasteiger partial charge in [-0.2, -0.15) is 0 Å². The molecule has 1 N–H and O–H groups in total. The molecular weight excluding hydrogens is 150 g/mol. The molecule has 0 amide bonds. The number of benzene rings is 1. The molecule has 0 atom stereocenters. The van der Waals surface area contributed by atoms with E-state index in [1.54, 1.807) is 0 Å². The molecule has 1 aromatic rings. The Morgan fingerprint density at radius 3 is 2.75 bits per heavy atom. The number of carbonyl (C=O) groups excluding carboxylic acids is 1. The molecule has 0 spiro atoms. The molecule has 0 bridgehead atoms. The summed E-state index contributed by atoms with van der Waals surface area (Å²) in [6, 6.07) is 5.73. The van der Waals surface area contributed by atoms with Crippen LogP contribution in [0.15, 0.2) is 18.2 Å². The van der Waals surface area contributed by atoms with E-state index in [-0.39, 0.29) is 0 Å². The van der Waals surface area contributed by atoms with E-state index in [0.29, 0.717) is 0 Å². The highest BCUT2D eigenvalue weighted by Crippen LogP contribution is 2.12. The summed E-state index contributed by atoms with van der Waals surface area (Å²) >= 11 is 0. The number of rotatable bonds is 3. The second-order valence-electron chi connectivity index (χ2n) is 2.72. The van der Waals surface area contributed by atoms with Crippen molar-refractivity contribution in [3.8, 4) is 0 Å². The summed E-state index contributed by atoms with van der Waals surface area (Å²) < 4.78 is 0. The second kappa shape index (κ2) is 3.90. The lowest BCUT2D eigenvalue weighted by molar-refractivity contribution is 0.112. The van der Waals surface area contributed by atoms with E-state index in [1.165, 1.54) is 0 Å². The SMILES string of the molecule is CCNc1ccc(C=O)c(C)c1. The van der Waals surface area contributed by atoms with Gasteiger partial charge in [-0.1, -0.05) is 0 Å². The minimum atomic E-state index is 0.761. The Hall–Kier alpha value is -1.31. The summed E-state index contributed by atoms with van der Waals surface area (Å²) in [6.07, 6.45) is 0.880. The van der Waals surface area contributed by atoms with Crippen molar-refractivity contribution in [1.82, 2.24) is 0 Å². The predicted molar refractivity (Wildman–Crippen MR) is 50.7 cm³/mol. The number of aryl methyl sites for hydroxylation is 1. The molecule has 0 aliphatic rings. The van der Waals surface area contributed by atoms with E-state index in [4.69, 9.17) is 0 Å². The van der Waals surface area contributed by atoms with E-state index in [2.05, 4.69) is 5.32 Å². The van der Waals surface area contributed by atoms with Crippen LogP contribution in [0.3, 0.4) is 0 Å². The molecule has 0 unspecified atom stereocenters. The molecule has 12 heavy (non-hydrogen) atoms. The molecule has 0 aliphatic carbocycles. The Balaban J connectivity index is 2.93. The molecule has 2 heteroatoms. The first-order valence-corrected chi connectivity index (χ1v) is 4.07. The molecular formula is C10H13NO. The molecule has 0 fully saturated rings. The van der Waals surface area contributed by atoms with Crippen molar-refractivity contribution in [3.63, 3.8) is 0 Å². The van der Waals surface area contributed by atoms with Crippen LogP contribution in [-0.4, -0.2) is 12.8 Å². The van der Waals surface area contributed by atoms with Gasteiger partial charge < -0.3 is 5.32 Å². The first-order chi connectivity index (χ1) is 5.77. The van der Waals surface area contributed by atoms with Gasteiger partial charge in [0.05, 0.1) is 0 Å². The summed E-state index contributed by atoms with van der Waals surface area (Å²) in [4.78, 5) is 10.5. The standard InChI is InChI=1S/C10H13NO/c1-3-11-10-5-4-9(7-12)8(2)6-10/h4-7,11H,3H2,1-2H3. The van der Waals surface area contributed by atoms with Crippen LogP contribution in [0.25, 0.3) is 0 Å². The fourth-order valence-corrected chi connectivity index (χ4v) is 1.12. The van der Waals surface area contributed by atoms with Crippen LogP contribution in [0.1, 0.15) is 22.8 Å². The van der Waals surface area contributed by atoms with Gasteiger partial charge in [0, 0.05) is 17.8 Å². The summed E-state index contributed by atoms with van der Waals surface area (Å²) in [6.45, 7) is 4.88. The Morgan fingerprint density at radius 1 is 1.50 bits per heavy atom. The van der Waals surface area contributed by atoms with E-state index >= 15 is 0 Å². The zero-order chi connectivity index (χ0) is 8.97. The summed E-state index contributed by atoms with van der Waals surface area (Å²) in [5.74, 6) is 0. The van der Waals surface area contributed by atoms with Crippen molar-refractivity contribution in [2.75, 3.05) is 11.9 Å². The van der Waals surface area contributed by atoms with E-state index < -0.39 is 0 Å². The molecule has 0 saturated heterocycles. The Kier molecular flexibility index (Phi) is 2.86. The van der Waals surface area contributed by atoms with Crippen LogP contribution in [0, 0.1) is 6.92 Å². The smallest absolute Gasteiger partial charge is 0.150 e. The Bertz CT molecular complexity index is 281. The third-order valence-electron chi connectivity index (χ3n) is 1.78. The van der Waals surface area contributed by atoms with E-state index in [1.807, 2.05) is 32.0 Å². The van der Waals surface area contributed by atoms with Gasteiger partial charge in [0.25, 0.3) is 0 Å². The molecule has 0 saturated carbocycles. The minimum Gasteiger partial charge on any atom is -0.385 e. The molecule has 1 aromatic carbocycles. The first kappa shape index (κ1) is 8.78. The maximum atomic E-state index is 10.5. The zero-order valence-corrected chi connectivity index (χ0v) is 7.42. The van der Waals surface area contributed by atoms with Crippen LogP contribution < -0.4 is 5.32 Å². The summed E-state index contributed by atoms with van der Waals surface area (Å²) in [5, 5.41) is 3.18. The van der Waals surface area contributed by atoms with Crippen LogP contribution >= 0.6 is 0 Å². The topological polar surface area (TPSA) is 29.1 Å². The largest absolute Gasteiger partial charge is 0.385 e. The van der Waals surface area contributed by atoms with Crippen molar-refractivity contribution >= 4 is 12.0 Å². The molecule has 0 aliphatic heterocycles. The van der Waals surface area contributed by atoms with Crippen molar-refractivity contribution in [2.24, 2.45) is 0 Å². The van der Waals surface area contributed by atoms with Crippen molar-refractivity contribution in [1.29, 1.82) is 0 Å². The van der Waals surface area contributed by atoms with Gasteiger partial charge in [-0.15, -0.1) is 0 Å². The van der Waals surface area contributed by atoms with Crippen molar-refractivity contribution in [3.05, 3.63) is 29.3 Å². The molecule has 0 radical (unpaired) electrons. The average Bonchev–Trinajstić information content (AvgIpc) is 2.05. The Morgan fingerprint density at radius 2 is 2.25 bits per heavy atom. The van der Waals surface area contributed by atoms with Crippen molar-refractivity contribution in [2.45, 2.75) is 13.8 Å². The Labute approximate surface area is 72.6 Å². The van der Waals surface area contributed by atoms with Crippen LogP contribution in [0.2, 0.25) is 0 Å². The van der Waals surface area contributed by atoms with E-state index in [0.717, 1.165) is 29.6 Å². The highest BCUT2D eigenvalue weighted by Gasteiger charge is 1.96. The lowest BCUT2D eigenvalue weighted by Crippen LogP contribution is -1.97. The quantitative estimate of drug-likeness (QED) is 0.692. The third-order valence-corrected chi connectivity index (χ3v) is 1.78. The van der Waals surface area contributed by atoms with Gasteiger partial charge in [-0.25, -0.2) is 0 Å². The monoisotopic (exact) mass is 163 g/mol. The number of nitrogens with one attached hydrogen (secondary N) is 1. The van der Waals surface area contributed by atoms with Crippen LogP contribution in [0.4, 0.5) is 5.69 Å². The van der Waals surface area contributed by atoms with Gasteiger partial charge in [0.2, 0.25) is 0 Å². The number of carbonyl (C=O) groups is 1. The highest BCUT2D eigenvalue weighted by molar-refractivity contribution is 5.78. The predicted octanol–water partition coefficient (Wildman–Crippen LogP) is 2.24. The first-order valence-electron chi connectivity index (χ1n) is 4.07. The molecule has 1 rings (SSSR count). The molecule has 64 valence electrons. The zero-order valence-electron chi connectivity index (χ0n) is 7.42. The van der Waals surface area contributed by atoms with Gasteiger partial charge in [-0.05, 0) is 37.6 Å². The van der Waals surface area contributed by atoms with Gasteiger partial charge in [-0.3, -0.25) is 4.79 Å². The normalized spacial score (nSPS) is 9.50. The lowest BCUT2D eigenvalue weighted by Gasteiger charge is -2.04. The van der Waals surface area contributed by atoms with Crippen molar-refractivity contribution < 1.29 is 4.79 Å². The third kappa shape index (κ3) is 1.84. The average molecular weight is 163 g/mol. The number of aldehydes is 1. The highest BCUT2D eigenvalue weighted by atomic mass is 16.1. The minimum absolute atomic E-state index is 0.761. The molecule has 0 aromatic heterocycles. The lowest BCUT2D eigenvalue weighted by atomic mass is 10.1. The van der Waals surface area contributed by atoms with E-state index in [9.17, 15) is 4.79 Å². The van der Waals surface area contributed by atoms with Crippen LogP contribution in [0.5, 0.6) is 0 Å². The number of hydrogen-bond acceptors (Lipinski definition) is 2. The molecule has 2 nitrogen and oxygen atoms in total. The number of hydrogen-bond donors (Lipinski definition) is 1. The molecule has 0 heterocycles. The number of anilines is 1. The maximum absolute atomic E-state index is 10.5. The van der Waals surface area contributed by atoms with Gasteiger partial charge in [0.1, 0.15) is 6.29 Å². The summed E-state index contributed by atoms with van der Waals surface area (Å²) in [7, 11) is 0. The van der Waals surface area contributed by atoms with Crippen LogP contribution in [-0.2, 0) is 0 Å². The maximum Gasteiger partial charge on any atom is 0.150 e. The fraction of sp³-hybridized carbons (Fsp3) is 0.300.